The molecule has 0 radical (unpaired) electrons. The summed E-state index contributed by atoms with van der Waals surface area (Å²) < 4.78 is 26.1. The van der Waals surface area contributed by atoms with Crippen molar-refractivity contribution in [1.29, 1.82) is 0 Å². The second kappa shape index (κ2) is 11.8. The summed E-state index contributed by atoms with van der Waals surface area (Å²) in [5, 5.41) is 24.7. The molecule has 1 rings (SSSR count). The highest BCUT2D eigenvalue weighted by Gasteiger charge is 2.46. The van der Waals surface area contributed by atoms with Gasteiger partial charge in [0, 0.05) is 28.6 Å². The van der Waals surface area contributed by atoms with Crippen LogP contribution in [0.25, 0.3) is 0 Å². The van der Waals surface area contributed by atoms with E-state index in [1.165, 1.54) is 24.3 Å². The van der Waals surface area contributed by atoms with Gasteiger partial charge >= 0.3 is 0 Å². The van der Waals surface area contributed by atoms with E-state index in [0.29, 0.717) is 12.5 Å². The van der Waals surface area contributed by atoms with Crippen LogP contribution in [0.15, 0.2) is 41.1 Å². The van der Waals surface area contributed by atoms with Crippen LogP contribution in [0.5, 0.6) is 0 Å². The Kier molecular flexibility index (Phi) is 9.79. The second-order valence-electron chi connectivity index (χ2n) is 6.89. The van der Waals surface area contributed by atoms with Crippen molar-refractivity contribution < 1.29 is 28.7 Å². The predicted octanol–water partition coefficient (Wildman–Crippen LogP) is 1.94. The first-order valence-corrected chi connectivity index (χ1v) is 9.35. The van der Waals surface area contributed by atoms with Gasteiger partial charge < -0.3 is 10.4 Å². The third-order valence-corrected chi connectivity index (χ3v) is 4.27. The first-order chi connectivity index (χ1) is 14.5. The number of benzene rings is 1. The van der Waals surface area contributed by atoms with Crippen LogP contribution in [0, 0.1) is 11.8 Å². The molecule has 168 valence electrons. The lowest BCUT2D eigenvalue weighted by molar-refractivity contribution is -0.149. The normalized spacial score (nSPS) is 14.7. The van der Waals surface area contributed by atoms with E-state index >= 15 is 0 Å². The molecule has 1 aromatic carbocycles. The molecule has 0 heterocycles. The van der Waals surface area contributed by atoms with E-state index in [-0.39, 0.29) is 5.56 Å². The predicted molar refractivity (Wildman–Crippen MR) is 111 cm³/mol. The Hall–Kier alpha value is -3.29. The molecule has 2 atom stereocenters. The Morgan fingerprint density at radius 1 is 1.26 bits per heavy atom. The molecule has 0 aliphatic heterocycles. The van der Waals surface area contributed by atoms with E-state index in [9.17, 15) is 23.5 Å². The van der Waals surface area contributed by atoms with Crippen LogP contribution >= 0.6 is 0 Å². The van der Waals surface area contributed by atoms with E-state index in [2.05, 4.69) is 22.4 Å². The number of hydrazone groups is 1. The molecule has 2 amide bonds. The molecule has 0 saturated carbocycles. The fourth-order valence-electron chi connectivity index (χ4n) is 2.11. The molecule has 0 aromatic heterocycles. The summed E-state index contributed by atoms with van der Waals surface area (Å²) in [5.74, 6) is 3.53. The van der Waals surface area contributed by atoms with E-state index in [4.69, 9.17) is 5.21 Å². The lowest BCUT2D eigenvalue weighted by atomic mass is 9.95. The van der Waals surface area contributed by atoms with Crippen LogP contribution < -0.4 is 16.2 Å². The minimum Gasteiger partial charge on any atom is -0.381 e. The largest absolute Gasteiger partial charge is 0.381 e. The molecule has 0 saturated heterocycles. The minimum atomic E-state index is -3.35. The van der Waals surface area contributed by atoms with Gasteiger partial charge in [0.15, 0.2) is 5.60 Å². The van der Waals surface area contributed by atoms with Gasteiger partial charge in [-0.3, -0.25) is 20.2 Å². The number of nitrogens with one attached hydrogen (secondary N) is 3. The molecule has 31 heavy (non-hydrogen) atoms. The molecule has 0 aliphatic carbocycles. The summed E-state index contributed by atoms with van der Waals surface area (Å²) in [7, 11) is 0. The van der Waals surface area contributed by atoms with Gasteiger partial charge in [-0.25, -0.2) is 14.3 Å². The zero-order valence-electron chi connectivity index (χ0n) is 17.7. The molecule has 8 nitrogen and oxygen atoms in total. The van der Waals surface area contributed by atoms with E-state index in [0.717, 1.165) is 23.2 Å². The molecule has 0 aliphatic rings. The Morgan fingerprint density at radius 3 is 2.39 bits per heavy atom. The van der Waals surface area contributed by atoms with Crippen molar-refractivity contribution in [3.8, 4) is 11.8 Å². The number of carbonyl (C=O) groups excluding carboxylic acids is 2. The molecule has 0 bridgehead atoms. The molecule has 0 fully saturated rings. The number of alkyl halides is 2. The summed E-state index contributed by atoms with van der Waals surface area (Å²) >= 11 is 0. The molecule has 1 aromatic rings. The van der Waals surface area contributed by atoms with Crippen molar-refractivity contribution in [2.24, 2.45) is 5.10 Å². The van der Waals surface area contributed by atoms with Crippen molar-refractivity contribution in [3.63, 3.8) is 0 Å². The monoisotopic (exact) mass is 436 g/mol. The Bertz CT molecular complexity index is 900. The SMILES string of the molecule is CC/C(C)=N/N/C=C(\C)C#Cc1ccc(C(=O)NC(C(=O)NO)C(C)(O)C(F)F)cc1. The van der Waals surface area contributed by atoms with Crippen LogP contribution in [0.4, 0.5) is 8.78 Å². The summed E-state index contributed by atoms with van der Waals surface area (Å²) in [4.78, 5) is 24.0. The van der Waals surface area contributed by atoms with Gasteiger partial charge in [-0.05, 0) is 51.5 Å². The zero-order valence-corrected chi connectivity index (χ0v) is 17.7. The van der Waals surface area contributed by atoms with Crippen LogP contribution in [0.2, 0.25) is 0 Å². The van der Waals surface area contributed by atoms with Gasteiger partial charge in [0.1, 0.15) is 6.04 Å². The van der Waals surface area contributed by atoms with Gasteiger partial charge in [0.05, 0.1) is 0 Å². The maximum Gasteiger partial charge on any atom is 0.269 e. The van der Waals surface area contributed by atoms with Crippen molar-refractivity contribution in [3.05, 3.63) is 47.2 Å². The fraction of sp³-hybridized carbons (Fsp3) is 0.381. The number of carbonyl (C=O) groups is 2. The summed E-state index contributed by atoms with van der Waals surface area (Å²) in [6, 6.07) is 3.76. The van der Waals surface area contributed by atoms with Crippen molar-refractivity contribution in [1.82, 2.24) is 16.2 Å². The van der Waals surface area contributed by atoms with Gasteiger partial charge in [0.25, 0.3) is 18.2 Å². The van der Waals surface area contributed by atoms with Crippen LogP contribution in [-0.2, 0) is 4.79 Å². The third-order valence-electron chi connectivity index (χ3n) is 4.27. The first kappa shape index (κ1) is 25.7. The number of amides is 2. The molecule has 5 N–H and O–H groups in total. The van der Waals surface area contributed by atoms with Crippen molar-refractivity contribution in [2.45, 2.75) is 52.2 Å². The number of rotatable bonds is 8. The number of halogens is 2. The number of hydrogen-bond acceptors (Lipinski definition) is 6. The maximum absolute atomic E-state index is 13.1. The third kappa shape index (κ3) is 7.81. The highest BCUT2D eigenvalue weighted by atomic mass is 19.3. The van der Waals surface area contributed by atoms with E-state index < -0.39 is 29.9 Å². The van der Waals surface area contributed by atoms with Gasteiger partial charge in [-0.2, -0.15) is 5.10 Å². The standard InChI is InChI=1S/C21H26F2N4O4/c1-5-14(3)26-24-12-13(2)6-7-15-8-10-16(11-9-15)18(28)25-17(19(29)27-31)21(4,30)20(22)23/h8-12,17,20,24,30-31H,5H2,1-4H3,(H,25,28)(H,27,29)/b13-12+,26-14+. The summed E-state index contributed by atoms with van der Waals surface area (Å²) in [6.45, 7) is 6.35. The number of hydroxylamine groups is 1. The average Bonchev–Trinajstić information content (AvgIpc) is 2.75. The molecular weight excluding hydrogens is 410 g/mol. The lowest BCUT2D eigenvalue weighted by Crippen LogP contribution is -2.61. The summed E-state index contributed by atoms with van der Waals surface area (Å²) in [5.41, 5.74) is 3.36. The average molecular weight is 436 g/mol. The fourth-order valence-corrected chi connectivity index (χ4v) is 2.11. The minimum absolute atomic E-state index is 0.0460. The second-order valence-corrected chi connectivity index (χ2v) is 6.89. The van der Waals surface area contributed by atoms with Crippen LogP contribution in [-0.4, -0.2) is 45.9 Å². The first-order valence-electron chi connectivity index (χ1n) is 9.35. The Balaban J connectivity index is 2.90. The number of aliphatic hydroxyl groups is 1. The number of allylic oxidation sites excluding steroid dienone is 1. The molecule has 0 spiro atoms. The summed E-state index contributed by atoms with van der Waals surface area (Å²) in [6.07, 6.45) is -0.874. The maximum atomic E-state index is 13.1. The topological polar surface area (TPSA) is 123 Å². The zero-order chi connectivity index (χ0) is 23.6. The quantitative estimate of drug-likeness (QED) is 0.184. The number of nitrogens with zero attached hydrogens (tertiary/aromatic N) is 1. The highest BCUT2D eigenvalue weighted by Crippen LogP contribution is 2.20. The van der Waals surface area contributed by atoms with Gasteiger partial charge in [-0.1, -0.05) is 18.8 Å². The Labute approximate surface area is 179 Å². The van der Waals surface area contributed by atoms with Gasteiger partial charge in [-0.15, -0.1) is 0 Å². The van der Waals surface area contributed by atoms with Crippen LogP contribution in [0.3, 0.4) is 0 Å². The Morgan fingerprint density at radius 2 is 1.87 bits per heavy atom. The lowest BCUT2D eigenvalue weighted by Gasteiger charge is -2.30. The molecule has 2 unspecified atom stereocenters. The molecule has 10 heteroatoms. The van der Waals surface area contributed by atoms with Crippen molar-refractivity contribution >= 4 is 17.5 Å². The number of hydrogen-bond donors (Lipinski definition) is 5. The van der Waals surface area contributed by atoms with E-state index in [1.807, 2.05) is 19.2 Å². The van der Waals surface area contributed by atoms with Gasteiger partial charge in [0.2, 0.25) is 0 Å². The van der Waals surface area contributed by atoms with Crippen LogP contribution in [0.1, 0.15) is 50.0 Å². The van der Waals surface area contributed by atoms with E-state index in [1.54, 1.807) is 13.1 Å². The molecular formula is C21H26F2N4O4. The highest BCUT2D eigenvalue weighted by molar-refractivity contribution is 5.97. The smallest absolute Gasteiger partial charge is 0.269 e. The van der Waals surface area contributed by atoms with Crippen molar-refractivity contribution in [2.75, 3.05) is 0 Å².